The Morgan fingerprint density at radius 3 is 2.77 bits per heavy atom. The van der Waals surface area contributed by atoms with Crippen molar-refractivity contribution in [1.29, 1.82) is 0 Å². The number of carbonyl (C=O) groups excluding carboxylic acids is 1. The Morgan fingerprint density at radius 1 is 1.13 bits per heavy atom. The van der Waals surface area contributed by atoms with Crippen LogP contribution in [0, 0.1) is 5.82 Å². The van der Waals surface area contributed by atoms with E-state index in [1.165, 1.54) is 12.3 Å². The standard InChI is InChI=1S/C21H19FN6O2/c1-13(2)30-21(29)26-15-10-24-20-27-18(12-28(20)11-15)16-9-14(6-7-17(16)22)25-19-5-3-4-8-23-19/h3-13H,1-2H3,(H,23,25)(H,26,29). The first-order valence-corrected chi connectivity index (χ1v) is 9.28. The van der Waals surface area contributed by atoms with Crippen LogP contribution in [0.2, 0.25) is 0 Å². The second-order valence-electron chi connectivity index (χ2n) is 6.79. The van der Waals surface area contributed by atoms with E-state index in [4.69, 9.17) is 4.74 Å². The summed E-state index contributed by atoms with van der Waals surface area (Å²) in [6.07, 6.45) is 5.59. The third-order valence-corrected chi connectivity index (χ3v) is 4.08. The first-order valence-electron chi connectivity index (χ1n) is 9.28. The van der Waals surface area contributed by atoms with E-state index >= 15 is 0 Å². The molecule has 1 aromatic carbocycles. The van der Waals surface area contributed by atoms with Crippen molar-refractivity contribution >= 4 is 29.1 Å². The molecule has 152 valence electrons. The second-order valence-corrected chi connectivity index (χ2v) is 6.79. The molecule has 8 nitrogen and oxygen atoms in total. The Morgan fingerprint density at radius 2 is 2.00 bits per heavy atom. The number of pyridine rings is 1. The van der Waals surface area contributed by atoms with E-state index in [1.54, 1.807) is 49.0 Å². The van der Waals surface area contributed by atoms with Gasteiger partial charge in [-0.05, 0) is 44.2 Å². The van der Waals surface area contributed by atoms with Crippen LogP contribution in [-0.2, 0) is 4.74 Å². The van der Waals surface area contributed by atoms with Crippen LogP contribution in [0.1, 0.15) is 13.8 Å². The highest BCUT2D eigenvalue weighted by Gasteiger charge is 2.13. The number of hydrogen-bond donors (Lipinski definition) is 2. The summed E-state index contributed by atoms with van der Waals surface area (Å²) in [4.78, 5) is 24.6. The third kappa shape index (κ3) is 4.35. The van der Waals surface area contributed by atoms with Crippen molar-refractivity contribution in [2.75, 3.05) is 10.6 Å². The number of rotatable bonds is 5. The number of carbonyl (C=O) groups is 1. The smallest absolute Gasteiger partial charge is 0.411 e. The van der Waals surface area contributed by atoms with Crippen LogP contribution >= 0.6 is 0 Å². The van der Waals surface area contributed by atoms with Crippen molar-refractivity contribution < 1.29 is 13.9 Å². The summed E-state index contributed by atoms with van der Waals surface area (Å²) in [5.41, 5.74) is 1.83. The molecular formula is C21H19FN6O2. The molecule has 0 atom stereocenters. The summed E-state index contributed by atoms with van der Waals surface area (Å²) in [5, 5.41) is 5.73. The average Bonchev–Trinajstić information content (AvgIpc) is 3.12. The van der Waals surface area contributed by atoms with Gasteiger partial charge in [0, 0.05) is 29.8 Å². The molecule has 4 aromatic rings. The zero-order valence-electron chi connectivity index (χ0n) is 16.3. The van der Waals surface area contributed by atoms with E-state index in [0.717, 1.165) is 0 Å². The summed E-state index contributed by atoms with van der Waals surface area (Å²) in [7, 11) is 0. The molecule has 0 unspecified atom stereocenters. The lowest BCUT2D eigenvalue weighted by molar-refractivity contribution is 0.130. The first-order chi connectivity index (χ1) is 14.5. The quantitative estimate of drug-likeness (QED) is 0.502. The predicted molar refractivity (Wildman–Crippen MR) is 111 cm³/mol. The number of nitrogens with one attached hydrogen (secondary N) is 2. The summed E-state index contributed by atoms with van der Waals surface area (Å²) in [6, 6.07) is 10.1. The number of ether oxygens (including phenoxy) is 1. The van der Waals surface area contributed by atoms with E-state index < -0.39 is 11.9 Å². The number of benzene rings is 1. The number of amides is 1. The lowest BCUT2D eigenvalue weighted by atomic mass is 10.1. The lowest BCUT2D eigenvalue weighted by Gasteiger charge is -2.09. The van der Waals surface area contributed by atoms with Gasteiger partial charge in [-0.2, -0.15) is 0 Å². The Labute approximate surface area is 171 Å². The van der Waals surface area contributed by atoms with Gasteiger partial charge in [-0.3, -0.25) is 9.72 Å². The maximum absolute atomic E-state index is 14.5. The molecule has 0 saturated carbocycles. The molecule has 0 fully saturated rings. The van der Waals surface area contributed by atoms with Gasteiger partial charge in [0.25, 0.3) is 0 Å². The molecule has 0 radical (unpaired) electrons. The number of halogens is 1. The fourth-order valence-corrected chi connectivity index (χ4v) is 2.82. The van der Waals surface area contributed by atoms with Crippen molar-refractivity contribution in [1.82, 2.24) is 19.4 Å². The average molecular weight is 406 g/mol. The molecule has 0 bridgehead atoms. The van der Waals surface area contributed by atoms with Gasteiger partial charge in [-0.1, -0.05) is 6.07 Å². The molecule has 30 heavy (non-hydrogen) atoms. The summed E-state index contributed by atoms with van der Waals surface area (Å²) < 4.78 is 21.2. The molecule has 1 amide bonds. The number of nitrogens with zero attached hydrogens (tertiary/aromatic N) is 4. The minimum atomic E-state index is -0.578. The van der Waals surface area contributed by atoms with Crippen LogP contribution in [0.3, 0.4) is 0 Å². The molecule has 0 aliphatic carbocycles. The molecular weight excluding hydrogens is 387 g/mol. The zero-order valence-corrected chi connectivity index (χ0v) is 16.3. The van der Waals surface area contributed by atoms with E-state index in [0.29, 0.717) is 34.2 Å². The van der Waals surface area contributed by atoms with Gasteiger partial charge in [0.2, 0.25) is 5.78 Å². The van der Waals surface area contributed by atoms with Gasteiger partial charge in [0.15, 0.2) is 0 Å². The van der Waals surface area contributed by atoms with E-state index in [-0.39, 0.29) is 6.10 Å². The maximum Gasteiger partial charge on any atom is 0.411 e. The first kappa shape index (κ1) is 19.3. The van der Waals surface area contributed by atoms with E-state index in [9.17, 15) is 9.18 Å². The van der Waals surface area contributed by atoms with Crippen LogP contribution in [0.4, 0.5) is 26.4 Å². The van der Waals surface area contributed by atoms with Crippen molar-refractivity contribution in [3.8, 4) is 11.3 Å². The number of fused-ring (bicyclic) bond motifs is 1. The number of aromatic nitrogens is 4. The van der Waals surface area contributed by atoms with Crippen LogP contribution in [-0.4, -0.2) is 31.5 Å². The molecule has 0 aliphatic rings. The summed E-state index contributed by atoms with van der Waals surface area (Å²) in [6.45, 7) is 3.52. The van der Waals surface area contributed by atoms with Crippen LogP contribution in [0.25, 0.3) is 17.0 Å². The van der Waals surface area contributed by atoms with Crippen LogP contribution in [0.5, 0.6) is 0 Å². The molecule has 0 aliphatic heterocycles. The molecule has 0 saturated heterocycles. The number of imidazole rings is 1. The van der Waals surface area contributed by atoms with E-state index in [2.05, 4.69) is 25.6 Å². The van der Waals surface area contributed by atoms with Gasteiger partial charge in [-0.25, -0.2) is 24.1 Å². The van der Waals surface area contributed by atoms with Gasteiger partial charge in [0.05, 0.1) is 23.7 Å². The minimum absolute atomic E-state index is 0.239. The monoisotopic (exact) mass is 406 g/mol. The molecule has 3 aromatic heterocycles. The number of hydrogen-bond acceptors (Lipinski definition) is 6. The van der Waals surface area contributed by atoms with Crippen molar-refractivity contribution in [3.05, 3.63) is 67.0 Å². The zero-order chi connectivity index (χ0) is 21.1. The Balaban J connectivity index is 1.61. The Hall–Kier alpha value is -4.01. The Bertz CT molecular complexity index is 1190. The highest BCUT2D eigenvalue weighted by atomic mass is 19.1. The molecule has 2 N–H and O–H groups in total. The van der Waals surface area contributed by atoms with Gasteiger partial charge >= 0.3 is 6.09 Å². The predicted octanol–water partition coefficient (Wildman–Crippen LogP) is 4.63. The largest absolute Gasteiger partial charge is 0.447 e. The van der Waals surface area contributed by atoms with Crippen LogP contribution in [0.15, 0.2) is 61.2 Å². The fraction of sp³-hybridized carbons (Fsp3) is 0.143. The minimum Gasteiger partial charge on any atom is -0.447 e. The fourth-order valence-electron chi connectivity index (χ4n) is 2.82. The summed E-state index contributed by atoms with van der Waals surface area (Å²) >= 11 is 0. The third-order valence-electron chi connectivity index (χ3n) is 4.08. The highest BCUT2D eigenvalue weighted by molar-refractivity contribution is 5.84. The highest BCUT2D eigenvalue weighted by Crippen LogP contribution is 2.27. The normalized spacial score (nSPS) is 10.9. The molecule has 0 spiro atoms. The van der Waals surface area contributed by atoms with Crippen molar-refractivity contribution in [2.45, 2.75) is 20.0 Å². The molecule has 4 rings (SSSR count). The maximum atomic E-state index is 14.5. The Kier molecular flexibility index (Phi) is 5.25. The topological polar surface area (TPSA) is 93.4 Å². The van der Waals surface area contributed by atoms with Gasteiger partial charge in [-0.15, -0.1) is 0 Å². The van der Waals surface area contributed by atoms with E-state index in [1.807, 2.05) is 18.2 Å². The van der Waals surface area contributed by atoms with Gasteiger partial charge < -0.3 is 10.1 Å². The number of anilines is 3. The lowest BCUT2D eigenvalue weighted by Crippen LogP contribution is -2.18. The second kappa shape index (κ2) is 8.16. The van der Waals surface area contributed by atoms with Gasteiger partial charge in [0.1, 0.15) is 11.6 Å². The van der Waals surface area contributed by atoms with Crippen molar-refractivity contribution in [3.63, 3.8) is 0 Å². The summed E-state index contributed by atoms with van der Waals surface area (Å²) in [5.74, 6) is 0.606. The molecule has 3 heterocycles. The molecule has 9 heteroatoms. The van der Waals surface area contributed by atoms with Crippen LogP contribution < -0.4 is 10.6 Å². The SMILES string of the molecule is CC(C)OC(=O)Nc1cnc2nc(-c3cc(Nc4ccccn4)ccc3F)cn2c1. The van der Waals surface area contributed by atoms with Crippen molar-refractivity contribution in [2.24, 2.45) is 0 Å².